The van der Waals surface area contributed by atoms with Gasteiger partial charge in [-0.25, -0.2) is 9.67 Å². The molecule has 3 heterocycles. The first kappa shape index (κ1) is 20.6. The largest absolute Gasteiger partial charge is 0.345 e. The molecular formula is C25H21N7OS. The molecule has 0 bridgehead atoms. The number of aliphatic imine (C=N–C) groups is 1. The monoisotopic (exact) mass is 467 g/mol. The van der Waals surface area contributed by atoms with Crippen molar-refractivity contribution in [1.29, 1.82) is 0 Å². The summed E-state index contributed by atoms with van der Waals surface area (Å²) in [4.78, 5) is 28.7. The van der Waals surface area contributed by atoms with Crippen LogP contribution in [-0.4, -0.2) is 42.8 Å². The van der Waals surface area contributed by atoms with E-state index in [2.05, 4.69) is 50.8 Å². The fraction of sp³-hybridized carbons (Fsp3) is 0.160. The summed E-state index contributed by atoms with van der Waals surface area (Å²) < 4.78 is 1.76. The summed E-state index contributed by atoms with van der Waals surface area (Å²) >= 11 is 1.69. The van der Waals surface area contributed by atoms with Crippen LogP contribution < -0.4 is 4.90 Å². The van der Waals surface area contributed by atoms with Crippen LogP contribution in [0.4, 0.5) is 5.69 Å². The van der Waals surface area contributed by atoms with E-state index in [0.717, 1.165) is 39.0 Å². The van der Waals surface area contributed by atoms with Crippen molar-refractivity contribution in [2.75, 3.05) is 11.2 Å². The molecule has 0 saturated carbocycles. The second kappa shape index (κ2) is 8.42. The molecule has 3 aromatic carbocycles. The number of nitrogens with one attached hydrogen (secondary N) is 1. The number of hydrogen-bond donors (Lipinski definition) is 1. The molecule has 1 aliphatic rings. The third kappa shape index (κ3) is 3.54. The minimum atomic E-state index is -0.293. The number of fused-ring (bicyclic) bond motifs is 2. The average Bonchev–Trinajstić information content (AvgIpc) is 3.59. The van der Waals surface area contributed by atoms with E-state index < -0.39 is 0 Å². The highest BCUT2D eigenvalue weighted by Gasteiger charge is 2.39. The number of hydrogen-bond acceptors (Lipinski definition) is 6. The normalized spacial score (nSPS) is 17.4. The number of aromatic amines is 1. The zero-order valence-electron chi connectivity index (χ0n) is 18.4. The average molecular weight is 468 g/mol. The molecule has 1 saturated heterocycles. The Morgan fingerprint density at radius 1 is 1.09 bits per heavy atom. The molecule has 1 atom stereocenters. The summed E-state index contributed by atoms with van der Waals surface area (Å²) in [6.07, 6.45) is 3.96. The first-order valence-electron chi connectivity index (χ1n) is 10.9. The molecule has 0 radical (unpaired) electrons. The quantitative estimate of drug-likeness (QED) is 0.381. The van der Waals surface area contributed by atoms with E-state index in [9.17, 15) is 4.79 Å². The summed E-state index contributed by atoms with van der Waals surface area (Å²) in [6.45, 7) is 0.302. The second-order valence-corrected chi connectivity index (χ2v) is 8.97. The van der Waals surface area contributed by atoms with Gasteiger partial charge in [0.2, 0.25) is 5.91 Å². The third-order valence-electron chi connectivity index (χ3n) is 6.12. The van der Waals surface area contributed by atoms with E-state index in [0.29, 0.717) is 6.67 Å². The maximum Gasteiger partial charge on any atom is 0.233 e. The number of aromatic nitrogens is 5. The number of anilines is 1. The van der Waals surface area contributed by atoms with Crippen LogP contribution in [0.3, 0.4) is 0 Å². The van der Waals surface area contributed by atoms with Crippen molar-refractivity contribution in [3.05, 3.63) is 78.6 Å². The highest BCUT2D eigenvalue weighted by atomic mass is 32.2. The lowest BCUT2D eigenvalue weighted by Crippen LogP contribution is -2.29. The summed E-state index contributed by atoms with van der Waals surface area (Å²) in [5.41, 5.74) is 6.14. The van der Waals surface area contributed by atoms with Crippen LogP contribution >= 0.6 is 11.8 Å². The Balaban J connectivity index is 1.42. The number of para-hydroxylation sites is 1. The lowest BCUT2D eigenvalue weighted by molar-refractivity contribution is -0.116. The van der Waals surface area contributed by atoms with Gasteiger partial charge >= 0.3 is 0 Å². The van der Waals surface area contributed by atoms with Gasteiger partial charge in [0.1, 0.15) is 18.2 Å². The van der Waals surface area contributed by atoms with Gasteiger partial charge in [-0.2, -0.15) is 0 Å². The van der Waals surface area contributed by atoms with Gasteiger partial charge < -0.3 is 4.98 Å². The van der Waals surface area contributed by atoms with Crippen molar-refractivity contribution in [3.8, 4) is 0 Å². The van der Waals surface area contributed by atoms with Crippen LogP contribution in [0.25, 0.3) is 22.1 Å². The maximum absolute atomic E-state index is 13.3. The van der Waals surface area contributed by atoms with Gasteiger partial charge in [0.15, 0.2) is 0 Å². The van der Waals surface area contributed by atoms with Crippen LogP contribution in [0.1, 0.15) is 18.0 Å². The van der Waals surface area contributed by atoms with Crippen LogP contribution in [0.5, 0.6) is 0 Å². The van der Waals surface area contributed by atoms with Gasteiger partial charge in [0.25, 0.3) is 0 Å². The van der Waals surface area contributed by atoms with Gasteiger partial charge in [-0.1, -0.05) is 29.5 Å². The van der Waals surface area contributed by atoms with E-state index in [-0.39, 0.29) is 18.4 Å². The maximum atomic E-state index is 13.3. The Kier molecular flexibility index (Phi) is 5.10. The summed E-state index contributed by atoms with van der Waals surface area (Å²) in [5, 5.41) is 8.46. The van der Waals surface area contributed by atoms with Crippen molar-refractivity contribution in [3.63, 3.8) is 0 Å². The van der Waals surface area contributed by atoms with E-state index in [1.807, 2.05) is 47.4 Å². The molecule has 0 spiro atoms. The Labute approximate surface area is 199 Å². The zero-order valence-corrected chi connectivity index (χ0v) is 19.2. The minimum absolute atomic E-state index is 0.0139. The molecule has 9 heteroatoms. The molecule has 1 N–H and O–H groups in total. The summed E-state index contributed by atoms with van der Waals surface area (Å²) in [6, 6.07) is 21.7. The topological polar surface area (TPSA) is 92.1 Å². The van der Waals surface area contributed by atoms with E-state index in [1.54, 1.807) is 22.8 Å². The molecule has 6 rings (SSSR count). The molecule has 1 aliphatic heterocycles. The number of amides is 1. The van der Waals surface area contributed by atoms with E-state index >= 15 is 0 Å². The third-order valence-corrected chi connectivity index (χ3v) is 6.86. The predicted octanol–water partition coefficient (Wildman–Crippen LogP) is 4.61. The lowest BCUT2D eigenvalue weighted by atomic mass is 10.0. The minimum Gasteiger partial charge on any atom is -0.345 e. The number of carbonyl (C=O) groups excluding carboxylic acids is 1. The molecule has 2 aromatic heterocycles. The molecule has 34 heavy (non-hydrogen) atoms. The van der Waals surface area contributed by atoms with Crippen LogP contribution in [0, 0.1) is 0 Å². The van der Waals surface area contributed by atoms with Crippen molar-refractivity contribution in [1.82, 2.24) is 25.0 Å². The number of rotatable bonds is 5. The van der Waals surface area contributed by atoms with Gasteiger partial charge in [-0.05, 0) is 54.3 Å². The molecule has 1 fully saturated rings. The highest BCUT2D eigenvalue weighted by molar-refractivity contribution is 7.98. The molecule has 1 unspecified atom stereocenters. The number of benzene rings is 3. The molecule has 168 valence electrons. The Morgan fingerprint density at radius 3 is 2.79 bits per heavy atom. The van der Waals surface area contributed by atoms with Crippen molar-refractivity contribution in [2.45, 2.75) is 24.0 Å². The molecule has 8 nitrogen and oxygen atoms in total. The number of carbonyl (C=O) groups is 1. The number of H-pyrrole nitrogens is 1. The van der Waals surface area contributed by atoms with E-state index in [1.165, 1.54) is 4.90 Å². The summed E-state index contributed by atoms with van der Waals surface area (Å²) in [7, 11) is 0. The standard InChI is InChI=1S/C25H21N7OS/c1-34-18-9-6-16(7-10-18)25-22(28-15-31-23-5-3-2-4-20(23)29-30-31)13-24(33)32(25)17-8-11-19-21(12-17)27-14-26-19/h2-12,14,25H,13,15H2,1H3,(H,26,27)/b28-22-. The van der Waals surface area contributed by atoms with Gasteiger partial charge in [0, 0.05) is 10.6 Å². The molecule has 1 amide bonds. The fourth-order valence-corrected chi connectivity index (χ4v) is 4.85. The highest BCUT2D eigenvalue weighted by Crippen LogP contribution is 2.37. The van der Waals surface area contributed by atoms with Gasteiger partial charge in [0.05, 0.1) is 35.0 Å². The first-order valence-corrected chi connectivity index (χ1v) is 12.1. The Bertz CT molecular complexity index is 1540. The zero-order chi connectivity index (χ0) is 23.1. The van der Waals surface area contributed by atoms with Crippen LogP contribution in [-0.2, 0) is 11.5 Å². The van der Waals surface area contributed by atoms with Crippen molar-refractivity contribution >= 4 is 51.1 Å². The number of thioether (sulfide) groups is 1. The Hall–Kier alpha value is -3.98. The SMILES string of the molecule is CSc1ccc(C2/C(=N\Cn3nnc4ccccc43)CC(=O)N2c2ccc3nc[nH]c3c2)cc1. The smallest absolute Gasteiger partial charge is 0.233 e. The summed E-state index contributed by atoms with van der Waals surface area (Å²) in [5.74, 6) is 0.0139. The van der Waals surface area contributed by atoms with Crippen LogP contribution in [0.2, 0.25) is 0 Å². The second-order valence-electron chi connectivity index (χ2n) is 8.09. The van der Waals surface area contributed by atoms with Gasteiger partial charge in [-0.15, -0.1) is 16.9 Å². The number of imidazole rings is 1. The molecular weight excluding hydrogens is 446 g/mol. The van der Waals surface area contributed by atoms with Crippen LogP contribution in [0.15, 0.2) is 82.9 Å². The Morgan fingerprint density at radius 2 is 1.94 bits per heavy atom. The van der Waals surface area contributed by atoms with Crippen molar-refractivity contribution < 1.29 is 4.79 Å². The fourth-order valence-electron chi connectivity index (χ4n) is 4.45. The van der Waals surface area contributed by atoms with Gasteiger partial charge in [-0.3, -0.25) is 14.7 Å². The molecule has 5 aromatic rings. The number of nitrogens with zero attached hydrogens (tertiary/aromatic N) is 6. The van der Waals surface area contributed by atoms with E-state index in [4.69, 9.17) is 4.99 Å². The molecule has 0 aliphatic carbocycles. The lowest BCUT2D eigenvalue weighted by Gasteiger charge is -2.25. The first-order chi connectivity index (χ1) is 16.7. The van der Waals surface area contributed by atoms with Crippen molar-refractivity contribution in [2.24, 2.45) is 4.99 Å². The predicted molar refractivity (Wildman–Crippen MR) is 134 cm³/mol.